The summed E-state index contributed by atoms with van der Waals surface area (Å²) in [6.07, 6.45) is 0. The van der Waals surface area contributed by atoms with Crippen molar-refractivity contribution >= 4 is 40.3 Å². The van der Waals surface area contributed by atoms with Crippen molar-refractivity contribution in [1.29, 1.82) is 0 Å². The van der Waals surface area contributed by atoms with Gasteiger partial charge in [-0.3, -0.25) is 0 Å². The van der Waals surface area contributed by atoms with Crippen LogP contribution in [-0.4, -0.2) is 22.5 Å². The average molecular weight is 278 g/mol. The third-order valence-electron chi connectivity index (χ3n) is 0.705. The molecule has 0 fully saturated rings. The normalized spacial score (nSPS) is 11.1. The fourth-order valence-corrected chi connectivity index (χ4v) is 3.35. The number of carbonyl (C=O) groups excluding carboxylic acids is 1. The Morgan fingerprint density at radius 1 is 1.67 bits per heavy atom. The third-order valence-corrected chi connectivity index (χ3v) is 9.35. The van der Waals surface area contributed by atoms with Gasteiger partial charge < -0.3 is 0 Å². The Kier molecular flexibility index (Phi) is 4.25. The second kappa shape index (κ2) is 3.88. The number of hydrogen-bond acceptors (Lipinski definition) is 2. The molecule has 5 heteroatoms. The molecule has 0 saturated heterocycles. The molecule has 0 rings (SSSR count). The first-order valence-corrected chi connectivity index (χ1v) is 13.0. The van der Waals surface area contributed by atoms with Gasteiger partial charge in [-0.25, -0.2) is 0 Å². The van der Waals surface area contributed by atoms with E-state index >= 15 is 0 Å². The standard InChI is InChI=1S/C2H4O2.C2H5.2ClH.Sn/c1-2(3)4;1-2;;;/h1H3,(H,3,4);1H2,2H3;2*1H;/q;;;;+3/p-3. The molecule has 0 unspecified atom stereocenters. The number of carbonyl (C=O) groups is 1. The van der Waals surface area contributed by atoms with Crippen molar-refractivity contribution in [3.8, 4) is 0 Å². The zero-order valence-electron chi connectivity index (χ0n) is 5.28. The molecule has 0 heterocycles. The van der Waals surface area contributed by atoms with Crippen LogP contribution in [0.15, 0.2) is 0 Å². The van der Waals surface area contributed by atoms with Gasteiger partial charge >= 0.3 is 66.5 Å². The van der Waals surface area contributed by atoms with E-state index in [4.69, 9.17) is 17.8 Å². The van der Waals surface area contributed by atoms with Crippen LogP contribution < -0.4 is 0 Å². The van der Waals surface area contributed by atoms with Crippen molar-refractivity contribution in [1.82, 2.24) is 0 Å². The van der Waals surface area contributed by atoms with E-state index in [0.29, 0.717) is 4.44 Å². The van der Waals surface area contributed by atoms with Gasteiger partial charge in [0.1, 0.15) is 0 Å². The van der Waals surface area contributed by atoms with E-state index in [2.05, 4.69) is 3.07 Å². The van der Waals surface area contributed by atoms with E-state index in [-0.39, 0.29) is 5.97 Å². The quantitative estimate of drug-likeness (QED) is 0.722. The number of hydrogen-bond donors (Lipinski definition) is 0. The fourth-order valence-electron chi connectivity index (χ4n) is 0.282. The van der Waals surface area contributed by atoms with Crippen molar-refractivity contribution in [3.63, 3.8) is 0 Å². The molecular weight excluding hydrogens is 270 g/mol. The molecule has 9 heavy (non-hydrogen) atoms. The van der Waals surface area contributed by atoms with E-state index in [1.807, 2.05) is 6.92 Å². The molecule has 0 aliphatic heterocycles. The van der Waals surface area contributed by atoms with E-state index in [1.165, 1.54) is 6.92 Å². The number of rotatable bonds is 2. The summed E-state index contributed by atoms with van der Waals surface area (Å²) in [5, 5.41) is 0. The van der Waals surface area contributed by atoms with Crippen LogP contribution >= 0.6 is 17.8 Å². The van der Waals surface area contributed by atoms with Gasteiger partial charge in [-0.2, -0.15) is 0 Å². The molecule has 0 amide bonds. The predicted octanol–water partition coefficient (Wildman–Crippen LogP) is 1.99. The van der Waals surface area contributed by atoms with Gasteiger partial charge in [0, 0.05) is 0 Å². The molecule has 0 atom stereocenters. The molecule has 2 nitrogen and oxygen atoms in total. The maximum absolute atomic E-state index is 10.3. The van der Waals surface area contributed by atoms with Crippen molar-refractivity contribution in [2.24, 2.45) is 0 Å². The summed E-state index contributed by atoms with van der Waals surface area (Å²) in [6, 6.07) is 0. The monoisotopic (exact) mass is 278 g/mol. The molecule has 0 N–H and O–H groups in total. The Bertz CT molecular complexity index is 115. The average Bonchev–Trinajstić information content (AvgIpc) is 1.63. The molecule has 0 aliphatic carbocycles. The molecule has 0 aromatic heterocycles. The van der Waals surface area contributed by atoms with E-state index in [0.717, 1.165) is 0 Å². The van der Waals surface area contributed by atoms with Gasteiger partial charge in [0.05, 0.1) is 0 Å². The van der Waals surface area contributed by atoms with Crippen LogP contribution in [0.4, 0.5) is 0 Å². The third kappa shape index (κ3) is 5.30. The minimum absolute atomic E-state index is 0.377. The molecule has 0 aromatic carbocycles. The zero-order valence-corrected chi connectivity index (χ0v) is 9.65. The van der Waals surface area contributed by atoms with Gasteiger partial charge in [-0.1, -0.05) is 0 Å². The first kappa shape index (κ1) is 9.85. The molecular formula is C4H8Cl2O2Sn. The van der Waals surface area contributed by atoms with Crippen LogP contribution in [0.3, 0.4) is 0 Å². The molecule has 0 saturated carbocycles. The molecule has 0 aliphatic rings. The van der Waals surface area contributed by atoms with Crippen molar-refractivity contribution in [2.45, 2.75) is 18.3 Å². The van der Waals surface area contributed by atoms with E-state index in [9.17, 15) is 4.79 Å². The Labute approximate surface area is 66.3 Å². The summed E-state index contributed by atoms with van der Waals surface area (Å²) in [5.74, 6) is -0.377. The summed E-state index contributed by atoms with van der Waals surface area (Å²) in [4.78, 5) is 10.3. The summed E-state index contributed by atoms with van der Waals surface area (Å²) in [6.45, 7) is 3.13. The van der Waals surface area contributed by atoms with Gasteiger partial charge in [-0.15, -0.1) is 0 Å². The van der Waals surface area contributed by atoms with Crippen LogP contribution in [0, 0.1) is 0 Å². The van der Waals surface area contributed by atoms with Crippen LogP contribution in [-0.2, 0) is 7.87 Å². The molecule has 0 aromatic rings. The van der Waals surface area contributed by atoms with Crippen molar-refractivity contribution in [3.05, 3.63) is 0 Å². The Hall–Kier alpha value is 0.849. The van der Waals surface area contributed by atoms with E-state index < -0.39 is 16.5 Å². The van der Waals surface area contributed by atoms with Gasteiger partial charge in [0.15, 0.2) is 0 Å². The zero-order chi connectivity index (χ0) is 7.49. The first-order chi connectivity index (χ1) is 3.98. The molecule has 54 valence electrons. The van der Waals surface area contributed by atoms with Crippen LogP contribution in [0.5, 0.6) is 0 Å². The Balaban J connectivity index is 3.71. The summed E-state index contributed by atoms with van der Waals surface area (Å²) < 4.78 is 5.28. The SMILES string of the molecule is C[CH2][Sn]([Cl])([Cl])[O]C(C)=O. The summed E-state index contributed by atoms with van der Waals surface area (Å²) >= 11 is -3.31. The van der Waals surface area contributed by atoms with E-state index in [1.54, 1.807) is 0 Å². The predicted molar refractivity (Wildman–Crippen MR) is 39.7 cm³/mol. The Morgan fingerprint density at radius 3 is 2.22 bits per heavy atom. The molecule has 0 spiro atoms. The topological polar surface area (TPSA) is 26.3 Å². The van der Waals surface area contributed by atoms with Crippen LogP contribution in [0.25, 0.3) is 0 Å². The van der Waals surface area contributed by atoms with Gasteiger partial charge in [-0.05, 0) is 0 Å². The van der Waals surface area contributed by atoms with Crippen LogP contribution in [0.2, 0.25) is 4.44 Å². The minimum atomic E-state index is -3.31. The number of halogens is 2. The first-order valence-electron chi connectivity index (χ1n) is 2.55. The van der Waals surface area contributed by atoms with Crippen molar-refractivity contribution in [2.75, 3.05) is 0 Å². The fraction of sp³-hybridized carbons (Fsp3) is 0.750. The van der Waals surface area contributed by atoms with Gasteiger partial charge in [0.2, 0.25) is 0 Å². The molecule has 0 radical (unpaired) electrons. The molecule has 0 bridgehead atoms. The summed E-state index contributed by atoms with van der Waals surface area (Å²) in [7, 11) is 11.3. The Morgan fingerprint density at radius 2 is 2.11 bits per heavy atom. The second-order valence-corrected chi connectivity index (χ2v) is 17.3. The second-order valence-electron chi connectivity index (χ2n) is 1.58. The van der Waals surface area contributed by atoms with Crippen LogP contribution in [0.1, 0.15) is 13.8 Å². The maximum atomic E-state index is 10.3. The van der Waals surface area contributed by atoms with Gasteiger partial charge in [0.25, 0.3) is 0 Å². The van der Waals surface area contributed by atoms with Crippen molar-refractivity contribution < 1.29 is 7.87 Å². The summed E-state index contributed by atoms with van der Waals surface area (Å²) in [5.41, 5.74) is 0.